The van der Waals surface area contributed by atoms with E-state index >= 15 is 0 Å². The van der Waals surface area contributed by atoms with E-state index in [0.29, 0.717) is 18.8 Å². The first-order valence-corrected chi connectivity index (χ1v) is 8.17. The second kappa shape index (κ2) is 6.45. The van der Waals surface area contributed by atoms with Gasteiger partial charge in [-0.2, -0.15) is 0 Å². The third-order valence-electron chi connectivity index (χ3n) is 2.81. The number of hydrogen-bond donors (Lipinski definition) is 2. The van der Waals surface area contributed by atoms with Crippen LogP contribution in [-0.2, 0) is 22.9 Å². The Bertz CT molecular complexity index is 691. The first-order chi connectivity index (χ1) is 9.95. The molecule has 2 amide bonds. The van der Waals surface area contributed by atoms with Gasteiger partial charge in [0.05, 0.1) is 17.7 Å². The zero-order valence-corrected chi connectivity index (χ0v) is 12.3. The van der Waals surface area contributed by atoms with Crippen LogP contribution < -0.4 is 10.6 Å². The number of benzene rings is 1. The van der Waals surface area contributed by atoms with Gasteiger partial charge >= 0.3 is 6.03 Å². The zero-order chi connectivity index (χ0) is 15.3. The topological polar surface area (TPSA) is 88.4 Å². The monoisotopic (exact) mass is 308 g/mol. The van der Waals surface area contributed by atoms with Crippen molar-refractivity contribution in [2.75, 3.05) is 6.26 Å². The first-order valence-electron chi connectivity index (χ1n) is 6.28. The average molecular weight is 308 g/mol. The van der Waals surface area contributed by atoms with Gasteiger partial charge in [0.2, 0.25) is 0 Å². The summed E-state index contributed by atoms with van der Waals surface area (Å²) in [7, 11) is -3.19. The predicted molar refractivity (Wildman–Crippen MR) is 77.3 cm³/mol. The average Bonchev–Trinajstić information content (AvgIpc) is 2.95. The van der Waals surface area contributed by atoms with E-state index in [2.05, 4.69) is 10.6 Å². The number of urea groups is 1. The van der Waals surface area contributed by atoms with Crippen molar-refractivity contribution in [3.8, 4) is 0 Å². The van der Waals surface area contributed by atoms with E-state index in [-0.39, 0.29) is 10.9 Å². The lowest BCUT2D eigenvalue weighted by Crippen LogP contribution is -2.34. The molecule has 0 spiro atoms. The molecule has 0 aliphatic rings. The molecule has 0 unspecified atom stereocenters. The van der Waals surface area contributed by atoms with Crippen LogP contribution >= 0.6 is 0 Å². The summed E-state index contributed by atoms with van der Waals surface area (Å²) in [6.45, 7) is 0.625. The van der Waals surface area contributed by atoms with Gasteiger partial charge in [-0.05, 0) is 29.8 Å². The molecule has 2 aromatic rings. The van der Waals surface area contributed by atoms with E-state index in [1.165, 1.54) is 18.4 Å². The lowest BCUT2D eigenvalue weighted by atomic mass is 10.2. The quantitative estimate of drug-likeness (QED) is 0.879. The third kappa shape index (κ3) is 4.64. The summed E-state index contributed by atoms with van der Waals surface area (Å²) in [5.74, 6) is 0.669. The van der Waals surface area contributed by atoms with Crippen molar-refractivity contribution in [3.63, 3.8) is 0 Å². The smallest absolute Gasteiger partial charge is 0.315 e. The summed E-state index contributed by atoms with van der Waals surface area (Å²) in [4.78, 5) is 11.8. The minimum atomic E-state index is -3.19. The fourth-order valence-corrected chi connectivity index (χ4v) is 2.31. The number of carbonyl (C=O) groups excluding carboxylic acids is 1. The van der Waals surface area contributed by atoms with Crippen molar-refractivity contribution >= 4 is 15.9 Å². The molecule has 1 aromatic carbocycles. The van der Waals surface area contributed by atoms with Gasteiger partial charge in [-0.1, -0.05) is 12.1 Å². The summed E-state index contributed by atoms with van der Waals surface area (Å²) in [5.41, 5.74) is 0.815. The Morgan fingerprint density at radius 1 is 1.10 bits per heavy atom. The summed E-state index contributed by atoms with van der Waals surface area (Å²) in [6.07, 6.45) is 2.70. The molecule has 0 saturated carbocycles. The molecule has 0 atom stereocenters. The van der Waals surface area contributed by atoms with Crippen LogP contribution in [0.4, 0.5) is 4.79 Å². The number of nitrogens with one attached hydrogen (secondary N) is 2. The van der Waals surface area contributed by atoms with E-state index in [0.717, 1.165) is 11.8 Å². The van der Waals surface area contributed by atoms with Crippen molar-refractivity contribution in [1.82, 2.24) is 10.6 Å². The van der Waals surface area contributed by atoms with Crippen molar-refractivity contribution in [2.24, 2.45) is 0 Å². The largest absolute Gasteiger partial charge is 0.467 e. The molecule has 0 bridgehead atoms. The van der Waals surface area contributed by atoms with Crippen molar-refractivity contribution in [3.05, 3.63) is 54.0 Å². The maximum absolute atomic E-state index is 11.6. The predicted octanol–water partition coefficient (Wildman–Crippen LogP) is 1.68. The molecular weight excluding hydrogens is 292 g/mol. The SMILES string of the molecule is CS(=O)(=O)c1ccc(CNC(=O)NCc2ccco2)cc1. The second-order valence-corrected chi connectivity index (χ2v) is 6.55. The Kier molecular flexibility index (Phi) is 4.64. The van der Waals surface area contributed by atoms with Crippen molar-refractivity contribution < 1.29 is 17.6 Å². The highest BCUT2D eigenvalue weighted by molar-refractivity contribution is 7.90. The van der Waals surface area contributed by atoms with E-state index in [4.69, 9.17) is 4.42 Å². The molecule has 7 heteroatoms. The number of amides is 2. The normalized spacial score (nSPS) is 11.1. The first kappa shape index (κ1) is 15.1. The van der Waals surface area contributed by atoms with Crippen LogP contribution in [0.2, 0.25) is 0 Å². The molecule has 21 heavy (non-hydrogen) atoms. The maximum atomic E-state index is 11.6. The van der Waals surface area contributed by atoms with Crippen LogP contribution in [0.15, 0.2) is 52.0 Å². The Morgan fingerprint density at radius 3 is 2.33 bits per heavy atom. The van der Waals surface area contributed by atoms with Crippen LogP contribution in [0.3, 0.4) is 0 Å². The highest BCUT2D eigenvalue weighted by Crippen LogP contribution is 2.10. The molecule has 2 rings (SSSR count). The highest BCUT2D eigenvalue weighted by atomic mass is 32.2. The molecule has 0 aliphatic heterocycles. The maximum Gasteiger partial charge on any atom is 0.315 e. The number of furan rings is 1. The minimum absolute atomic E-state index is 0.258. The van der Waals surface area contributed by atoms with E-state index in [1.54, 1.807) is 24.3 Å². The molecule has 112 valence electrons. The highest BCUT2D eigenvalue weighted by Gasteiger charge is 2.06. The summed E-state index contributed by atoms with van der Waals surface area (Å²) in [5, 5.41) is 5.33. The number of sulfone groups is 1. The van der Waals surface area contributed by atoms with Gasteiger partial charge in [-0.25, -0.2) is 13.2 Å². The van der Waals surface area contributed by atoms with E-state index in [9.17, 15) is 13.2 Å². The van der Waals surface area contributed by atoms with Crippen LogP contribution in [0.25, 0.3) is 0 Å². The fourth-order valence-electron chi connectivity index (χ4n) is 1.68. The number of hydrogen-bond acceptors (Lipinski definition) is 4. The molecule has 0 aliphatic carbocycles. The molecule has 0 fully saturated rings. The van der Waals surface area contributed by atoms with Crippen LogP contribution in [0, 0.1) is 0 Å². The van der Waals surface area contributed by atoms with E-state index in [1.807, 2.05) is 0 Å². The second-order valence-electron chi connectivity index (χ2n) is 4.53. The molecule has 1 heterocycles. The van der Waals surface area contributed by atoms with Crippen molar-refractivity contribution in [2.45, 2.75) is 18.0 Å². The molecule has 1 aromatic heterocycles. The number of rotatable bonds is 5. The van der Waals surface area contributed by atoms with Gasteiger partial charge in [0, 0.05) is 12.8 Å². The third-order valence-corrected chi connectivity index (χ3v) is 3.94. The molecular formula is C14H16N2O4S. The van der Waals surface area contributed by atoms with Gasteiger partial charge in [0.25, 0.3) is 0 Å². The van der Waals surface area contributed by atoms with Gasteiger partial charge in [-0.15, -0.1) is 0 Å². The summed E-state index contributed by atoms with van der Waals surface area (Å²) in [6, 6.07) is 9.58. The van der Waals surface area contributed by atoms with Crippen LogP contribution in [0.5, 0.6) is 0 Å². The van der Waals surface area contributed by atoms with Crippen LogP contribution in [-0.4, -0.2) is 20.7 Å². The van der Waals surface area contributed by atoms with Crippen molar-refractivity contribution in [1.29, 1.82) is 0 Å². The lowest BCUT2D eigenvalue weighted by molar-refractivity contribution is 0.239. The van der Waals surface area contributed by atoms with Crippen LogP contribution in [0.1, 0.15) is 11.3 Å². The van der Waals surface area contributed by atoms with Gasteiger partial charge in [0.1, 0.15) is 5.76 Å². The Labute approximate surface area is 123 Å². The molecule has 0 radical (unpaired) electrons. The Hall–Kier alpha value is -2.28. The van der Waals surface area contributed by atoms with Gasteiger partial charge in [0.15, 0.2) is 9.84 Å². The van der Waals surface area contributed by atoms with Gasteiger partial charge < -0.3 is 15.1 Å². The summed E-state index contributed by atoms with van der Waals surface area (Å²) >= 11 is 0. The molecule has 0 saturated heterocycles. The number of carbonyl (C=O) groups is 1. The molecule has 2 N–H and O–H groups in total. The zero-order valence-electron chi connectivity index (χ0n) is 11.5. The standard InChI is InChI=1S/C14H16N2O4S/c1-21(18,19)13-6-4-11(5-7-13)9-15-14(17)16-10-12-3-2-8-20-12/h2-8H,9-10H2,1H3,(H2,15,16,17). The van der Waals surface area contributed by atoms with Gasteiger partial charge in [-0.3, -0.25) is 0 Å². The minimum Gasteiger partial charge on any atom is -0.467 e. The fraction of sp³-hybridized carbons (Fsp3) is 0.214. The Morgan fingerprint density at radius 2 is 1.76 bits per heavy atom. The Balaban J connectivity index is 1.81. The summed E-state index contributed by atoms with van der Waals surface area (Å²) < 4.78 is 27.7. The lowest BCUT2D eigenvalue weighted by Gasteiger charge is -2.07. The van der Waals surface area contributed by atoms with E-state index < -0.39 is 9.84 Å². The molecule has 6 nitrogen and oxygen atoms in total.